The fourth-order valence-electron chi connectivity index (χ4n) is 1.89. The summed E-state index contributed by atoms with van der Waals surface area (Å²) in [5.41, 5.74) is 2.58. The molecule has 100 valence electrons. The number of nitrogens with zero attached hydrogens (tertiary/aromatic N) is 2. The first-order valence-corrected chi connectivity index (χ1v) is 6.33. The Balaban J connectivity index is 2.08. The highest BCUT2D eigenvalue weighted by Crippen LogP contribution is 2.05. The van der Waals surface area contributed by atoms with Gasteiger partial charge in [0.2, 0.25) is 5.96 Å². The summed E-state index contributed by atoms with van der Waals surface area (Å²) in [6.45, 7) is 5.83. The van der Waals surface area contributed by atoms with Gasteiger partial charge in [-0.2, -0.15) is 0 Å². The van der Waals surface area contributed by atoms with Crippen LogP contribution in [-0.4, -0.2) is 57.3 Å². The van der Waals surface area contributed by atoms with E-state index in [9.17, 15) is 0 Å². The van der Waals surface area contributed by atoms with Gasteiger partial charge in [0, 0.05) is 33.4 Å². The lowest BCUT2D eigenvalue weighted by atomic mass is 10.4. The monoisotopic (exact) mass is 243 g/mol. The average molecular weight is 243 g/mol. The molecule has 0 aromatic carbocycles. The summed E-state index contributed by atoms with van der Waals surface area (Å²) in [6.07, 6.45) is 3.57. The fourth-order valence-corrected chi connectivity index (χ4v) is 1.89. The van der Waals surface area contributed by atoms with Gasteiger partial charge in [-0.25, -0.2) is 5.84 Å². The Morgan fingerprint density at radius 2 is 2.18 bits per heavy atom. The molecule has 0 aliphatic carbocycles. The van der Waals surface area contributed by atoms with Crippen LogP contribution in [0.3, 0.4) is 0 Å². The summed E-state index contributed by atoms with van der Waals surface area (Å²) >= 11 is 0. The highest BCUT2D eigenvalue weighted by atomic mass is 16.5. The summed E-state index contributed by atoms with van der Waals surface area (Å²) in [7, 11) is 1.69. The van der Waals surface area contributed by atoms with Gasteiger partial charge in [-0.1, -0.05) is 0 Å². The largest absolute Gasteiger partial charge is 0.385 e. The normalized spacial score (nSPS) is 17.4. The highest BCUT2D eigenvalue weighted by molar-refractivity contribution is 5.79. The van der Waals surface area contributed by atoms with Gasteiger partial charge >= 0.3 is 0 Å². The van der Waals surface area contributed by atoms with Crippen LogP contribution in [-0.2, 0) is 4.74 Å². The lowest BCUT2D eigenvalue weighted by molar-refractivity contribution is 0.197. The van der Waals surface area contributed by atoms with Crippen LogP contribution in [0.2, 0.25) is 0 Å². The van der Waals surface area contributed by atoms with Crippen molar-refractivity contribution in [2.75, 3.05) is 46.4 Å². The maximum absolute atomic E-state index is 5.39. The standard InChI is InChI=1S/C11H25N5O/c1-17-10-4-5-13-11(15-12)14-6-9-16-7-2-3-8-16/h2-10,12H2,1H3,(H2,13,14,15). The predicted molar refractivity (Wildman–Crippen MR) is 69.8 cm³/mol. The van der Waals surface area contributed by atoms with Crippen molar-refractivity contribution in [3.05, 3.63) is 0 Å². The third kappa shape index (κ3) is 6.45. The third-order valence-electron chi connectivity index (χ3n) is 2.83. The van der Waals surface area contributed by atoms with E-state index in [-0.39, 0.29) is 0 Å². The van der Waals surface area contributed by atoms with Crippen LogP contribution in [0, 0.1) is 0 Å². The number of hydrogen-bond donors (Lipinski definition) is 3. The maximum Gasteiger partial charge on any atom is 0.205 e. The molecule has 1 aliphatic rings. The van der Waals surface area contributed by atoms with Gasteiger partial charge in [0.1, 0.15) is 0 Å². The van der Waals surface area contributed by atoms with Crippen molar-refractivity contribution in [2.45, 2.75) is 19.3 Å². The molecule has 1 saturated heterocycles. The molecular formula is C11H25N5O. The second kappa shape index (κ2) is 9.21. The molecule has 0 saturated carbocycles. The van der Waals surface area contributed by atoms with Gasteiger partial charge in [0.15, 0.2) is 0 Å². The van der Waals surface area contributed by atoms with Crippen molar-refractivity contribution in [2.24, 2.45) is 10.8 Å². The van der Waals surface area contributed by atoms with E-state index in [0.717, 1.165) is 32.7 Å². The zero-order valence-corrected chi connectivity index (χ0v) is 10.7. The molecule has 1 heterocycles. The van der Waals surface area contributed by atoms with E-state index < -0.39 is 0 Å². The van der Waals surface area contributed by atoms with Crippen LogP contribution < -0.4 is 16.6 Å². The Morgan fingerprint density at radius 3 is 2.82 bits per heavy atom. The van der Waals surface area contributed by atoms with E-state index in [0.29, 0.717) is 5.96 Å². The number of ether oxygens (including phenoxy) is 1. The summed E-state index contributed by atoms with van der Waals surface area (Å²) < 4.78 is 4.96. The molecular weight excluding hydrogens is 218 g/mol. The molecule has 0 radical (unpaired) electrons. The first-order chi connectivity index (χ1) is 8.36. The topological polar surface area (TPSA) is 74.9 Å². The van der Waals surface area contributed by atoms with E-state index in [2.05, 4.69) is 20.6 Å². The Kier molecular flexibility index (Phi) is 7.70. The second-order valence-electron chi connectivity index (χ2n) is 4.20. The molecule has 0 unspecified atom stereocenters. The smallest absolute Gasteiger partial charge is 0.205 e. The summed E-state index contributed by atoms with van der Waals surface area (Å²) in [4.78, 5) is 6.77. The van der Waals surface area contributed by atoms with Gasteiger partial charge in [-0.3, -0.25) is 10.4 Å². The van der Waals surface area contributed by atoms with Crippen molar-refractivity contribution in [3.63, 3.8) is 0 Å². The summed E-state index contributed by atoms with van der Waals surface area (Å²) in [5, 5.41) is 3.20. The van der Waals surface area contributed by atoms with Crippen LogP contribution >= 0.6 is 0 Å². The lowest BCUT2D eigenvalue weighted by Gasteiger charge is -2.15. The Hall–Kier alpha value is -0.850. The lowest BCUT2D eigenvalue weighted by Crippen LogP contribution is -2.44. The minimum absolute atomic E-state index is 0.667. The zero-order chi connectivity index (χ0) is 12.3. The summed E-state index contributed by atoms with van der Waals surface area (Å²) in [5.74, 6) is 6.06. The first kappa shape index (κ1) is 14.2. The first-order valence-electron chi connectivity index (χ1n) is 6.33. The van der Waals surface area contributed by atoms with Crippen molar-refractivity contribution in [1.82, 2.24) is 15.6 Å². The number of nitrogens with two attached hydrogens (primary N) is 1. The van der Waals surface area contributed by atoms with Gasteiger partial charge in [-0.05, 0) is 32.4 Å². The van der Waals surface area contributed by atoms with Crippen LogP contribution in [0.1, 0.15) is 19.3 Å². The number of aliphatic imine (C=N–C) groups is 1. The average Bonchev–Trinajstić information content (AvgIpc) is 2.85. The molecule has 1 rings (SSSR count). The third-order valence-corrected chi connectivity index (χ3v) is 2.83. The minimum atomic E-state index is 0.667. The van der Waals surface area contributed by atoms with Gasteiger partial charge in [0.05, 0.1) is 0 Å². The van der Waals surface area contributed by atoms with Crippen LogP contribution in [0.5, 0.6) is 0 Å². The van der Waals surface area contributed by atoms with Crippen molar-refractivity contribution in [3.8, 4) is 0 Å². The van der Waals surface area contributed by atoms with Gasteiger partial charge in [0.25, 0.3) is 0 Å². The molecule has 4 N–H and O–H groups in total. The van der Waals surface area contributed by atoms with E-state index in [4.69, 9.17) is 10.6 Å². The quantitative estimate of drug-likeness (QED) is 0.185. The maximum atomic E-state index is 5.39. The molecule has 6 heteroatoms. The molecule has 0 aromatic heterocycles. The fraction of sp³-hybridized carbons (Fsp3) is 0.909. The number of hydrazine groups is 1. The molecule has 0 bridgehead atoms. The number of methoxy groups -OCH3 is 1. The number of rotatable bonds is 7. The molecule has 1 aliphatic heterocycles. The van der Waals surface area contributed by atoms with Crippen molar-refractivity contribution >= 4 is 5.96 Å². The molecule has 1 fully saturated rings. The van der Waals surface area contributed by atoms with Gasteiger partial charge in [-0.15, -0.1) is 0 Å². The van der Waals surface area contributed by atoms with E-state index in [1.807, 2.05) is 0 Å². The number of hydrogen-bond acceptors (Lipinski definition) is 4. The SMILES string of the molecule is COCCCN=C(NN)NCCN1CCCC1. The molecule has 6 nitrogen and oxygen atoms in total. The molecule has 0 aromatic rings. The van der Waals surface area contributed by atoms with E-state index in [1.54, 1.807) is 7.11 Å². The molecule has 0 spiro atoms. The molecule has 0 amide bonds. The minimum Gasteiger partial charge on any atom is -0.385 e. The molecule has 17 heavy (non-hydrogen) atoms. The van der Waals surface area contributed by atoms with Crippen LogP contribution in [0.25, 0.3) is 0 Å². The van der Waals surface area contributed by atoms with Crippen molar-refractivity contribution in [1.29, 1.82) is 0 Å². The molecule has 0 atom stereocenters. The zero-order valence-electron chi connectivity index (χ0n) is 10.7. The highest BCUT2D eigenvalue weighted by Gasteiger charge is 2.10. The number of likely N-dealkylation sites (tertiary alicyclic amines) is 1. The van der Waals surface area contributed by atoms with E-state index in [1.165, 1.54) is 25.9 Å². The number of guanidine groups is 1. The van der Waals surface area contributed by atoms with Crippen molar-refractivity contribution < 1.29 is 4.74 Å². The summed E-state index contributed by atoms with van der Waals surface area (Å²) in [6, 6.07) is 0. The van der Waals surface area contributed by atoms with Gasteiger partial charge < -0.3 is 15.0 Å². The Bertz CT molecular complexity index is 216. The predicted octanol–water partition coefficient (Wildman–Crippen LogP) is -0.472. The van der Waals surface area contributed by atoms with Crippen LogP contribution in [0.4, 0.5) is 0 Å². The Labute approximate surface area is 104 Å². The Morgan fingerprint density at radius 1 is 1.41 bits per heavy atom. The van der Waals surface area contributed by atoms with E-state index >= 15 is 0 Å². The van der Waals surface area contributed by atoms with Crippen LogP contribution in [0.15, 0.2) is 4.99 Å². The number of nitrogens with one attached hydrogen (secondary N) is 2. The second-order valence-corrected chi connectivity index (χ2v) is 4.20.